The molecule has 0 saturated carbocycles. The lowest BCUT2D eigenvalue weighted by atomic mass is 10.3. The van der Waals surface area contributed by atoms with E-state index in [1.54, 1.807) is 12.1 Å². The standard InChI is InChI=1S/C7H7BrN2OS/c8-5-1-3-6(4-2-5)9-7(11)10-12/h1-4,12H,(H2,9,10,11). The molecule has 0 saturated heterocycles. The molecule has 0 heterocycles. The van der Waals surface area contributed by atoms with Crippen molar-refractivity contribution in [2.75, 3.05) is 5.32 Å². The highest BCUT2D eigenvalue weighted by Gasteiger charge is 1.96. The molecular formula is C7H7BrN2OS. The first-order chi connectivity index (χ1) is 5.72. The van der Waals surface area contributed by atoms with Gasteiger partial charge in [0.25, 0.3) is 0 Å². The minimum absolute atomic E-state index is 0.347. The van der Waals surface area contributed by atoms with Crippen LogP contribution in [0.5, 0.6) is 0 Å². The van der Waals surface area contributed by atoms with E-state index in [0.29, 0.717) is 0 Å². The summed E-state index contributed by atoms with van der Waals surface area (Å²) >= 11 is 6.88. The van der Waals surface area contributed by atoms with Gasteiger partial charge in [0.05, 0.1) is 0 Å². The molecule has 0 aliphatic rings. The van der Waals surface area contributed by atoms with Gasteiger partial charge in [-0.05, 0) is 24.3 Å². The van der Waals surface area contributed by atoms with Crippen LogP contribution in [0.2, 0.25) is 0 Å². The fourth-order valence-electron chi connectivity index (χ4n) is 0.692. The Morgan fingerprint density at radius 2 is 1.92 bits per heavy atom. The molecule has 0 unspecified atom stereocenters. The molecule has 2 N–H and O–H groups in total. The van der Waals surface area contributed by atoms with Crippen LogP contribution in [0.1, 0.15) is 0 Å². The quantitative estimate of drug-likeness (QED) is 0.655. The highest BCUT2D eigenvalue weighted by atomic mass is 79.9. The molecule has 0 bridgehead atoms. The Morgan fingerprint density at radius 3 is 2.42 bits per heavy atom. The molecule has 0 radical (unpaired) electrons. The third-order valence-corrected chi connectivity index (χ3v) is 1.94. The highest BCUT2D eigenvalue weighted by Crippen LogP contribution is 2.13. The Balaban J connectivity index is 2.64. The second-order valence-electron chi connectivity index (χ2n) is 2.07. The van der Waals surface area contributed by atoms with Gasteiger partial charge >= 0.3 is 6.03 Å². The van der Waals surface area contributed by atoms with Gasteiger partial charge in [0, 0.05) is 10.2 Å². The van der Waals surface area contributed by atoms with E-state index in [1.807, 2.05) is 12.1 Å². The summed E-state index contributed by atoms with van der Waals surface area (Å²) < 4.78 is 3.13. The van der Waals surface area contributed by atoms with Gasteiger partial charge in [-0.15, -0.1) is 0 Å². The molecule has 1 aromatic carbocycles. The van der Waals surface area contributed by atoms with Crippen LogP contribution >= 0.6 is 28.7 Å². The largest absolute Gasteiger partial charge is 0.329 e. The number of hydrogen-bond acceptors (Lipinski definition) is 2. The fourth-order valence-corrected chi connectivity index (χ4v) is 1.01. The summed E-state index contributed by atoms with van der Waals surface area (Å²) in [6, 6.07) is 6.91. The second-order valence-corrected chi connectivity index (χ2v) is 3.21. The molecular weight excluding hydrogens is 240 g/mol. The van der Waals surface area contributed by atoms with Gasteiger partial charge < -0.3 is 5.32 Å². The minimum Gasteiger partial charge on any atom is -0.307 e. The average molecular weight is 247 g/mol. The fraction of sp³-hybridized carbons (Fsp3) is 0. The maximum Gasteiger partial charge on any atom is 0.329 e. The van der Waals surface area contributed by atoms with Crippen molar-refractivity contribution in [2.24, 2.45) is 0 Å². The first-order valence-corrected chi connectivity index (χ1v) is 4.43. The number of halogens is 1. The summed E-state index contributed by atoms with van der Waals surface area (Å²) in [5, 5.41) is 2.57. The van der Waals surface area contributed by atoms with Crippen molar-refractivity contribution >= 4 is 40.5 Å². The Kier molecular flexibility index (Phi) is 3.43. The SMILES string of the molecule is O=C(NS)Nc1ccc(Br)cc1. The number of anilines is 1. The van der Waals surface area contributed by atoms with Crippen molar-refractivity contribution in [3.05, 3.63) is 28.7 Å². The summed E-state index contributed by atoms with van der Waals surface area (Å²) in [6.07, 6.45) is 0. The predicted octanol–water partition coefficient (Wildman–Crippen LogP) is 2.42. The van der Waals surface area contributed by atoms with Crippen molar-refractivity contribution in [3.63, 3.8) is 0 Å². The maximum absolute atomic E-state index is 10.8. The van der Waals surface area contributed by atoms with E-state index < -0.39 is 0 Å². The molecule has 0 aromatic heterocycles. The minimum atomic E-state index is -0.347. The summed E-state index contributed by atoms with van der Waals surface area (Å²) in [5.74, 6) is 0. The number of thiol groups is 1. The number of rotatable bonds is 1. The molecule has 0 aliphatic carbocycles. The van der Waals surface area contributed by atoms with Gasteiger partial charge in [0.1, 0.15) is 0 Å². The van der Waals surface area contributed by atoms with Crippen LogP contribution in [-0.2, 0) is 0 Å². The molecule has 1 aromatic rings. The molecule has 2 amide bonds. The normalized spacial score (nSPS) is 9.17. The average Bonchev–Trinajstić information content (AvgIpc) is 2.09. The first-order valence-electron chi connectivity index (χ1n) is 3.19. The van der Waals surface area contributed by atoms with E-state index >= 15 is 0 Å². The zero-order chi connectivity index (χ0) is 8.97. The number of carbonyl (C=O) groups is 1. The van der Waals surface area contributed by atoms with E-state index in [1.165, 1.54) is 0 Å². The van der Waals surface area contributed by atoms with Gasteiger partial charge in [0.15, 0.2) is 0 Å². The van der Waals surface area contributed by atoms with Crippen molar-refractivity contribution in [1.82, 2.24) is 4.72 Å². The third kappa shape index (κ3) is 2.75. The maximum atomic E-state index is 10.8. The molecule has 0 fully saturated rings. The Labute approximate surface area is 84.2 Å². The van der Waals surface area contributed by atoms with Gasteiger partial charge in [-0.1, -0.05) is 28.7 Å². The van der Waals surface area contributed by atoms with Crippen LogP contribution in [0, 0.1) is 0 Å². The van der Waals surface area contributed by atoms with E-state index in [4.69, 9.17) is 0 Å². The van der Waals surface area contributed by atoms with Crippen LogP contribution in [0.3, 0.4) is 0 Å². The third-order valence-electron chi connectivity index (χ3n) is 1.20. The number of urea groups is 1. The number of benzene rings is 1. The van der Waals surface area contributed by atoms with E-state index in [2.05, 4.69) is 38.8 Å². The number of hydrogen-bond donors (Lipinski definition) is 3. The Hall–Kier alpha value is -0.680. The zero-order valence-corrected chi connectivity index (χ0v) is 8.52. The van der Waals surface area contributed by atoms with Gasteiger partial charge in [-0.25, -0.2) is 4.79 Å². The number of carbonyl (C=O) groups excluding carboxylic acids is 1. The molecule has 64 valence electrons. The van der Waals surface area contributed by atoms with Crippen molar-refractivity contribution in [2.45, 2.75) is 0 Å². The van der Waals surface area contributed by atoms with E-state index in [0.717, 1.165) is 10.2 Å². The second kappa shape index (κ2) is 4.37. The molecule has 5 heteroatoms. The van der Waals surface area contributed by atoms with Crippen LogP contribution in [0.15, 0.2) is 28.7 Å². The van der Waals surface area contributed by atoms with Crippen molar-refractivity contribution in [1.29, 1.82) is 0 Å². The Bertz CT molecular complexity index is 275. The lowest BCUT2D eigenvalue weighted by Crippen LogP contribution is -2.20. The van der Waals surface area contributed by atoms with Crippen LogP contribution in [-0.4, -0.2) is 6.03 Å². The summed E-state index contributed by atoms with van der Waals surface area (Å²) in [7, 11) is 0. The van der Waals surface area contributed by atoms with Crippen LogP contribution in [0.4, 0.5) is 10.5 Å². The molecule has 0 atom stereocenters. The van der Waals surface area contributed by atoms with E-state index in [9.17, 15) is 4.79 Å². The van der Waals surface area contributed by atoms with Gasteiger partial charge in [-0.3, -0.25) is 4.72 Å². The molecule has 0 spiro atoms. The lowest BCUT2D eigenvalue weighted by molar-refractivity contribution is 0.257. The van der Waals surface area contributed by atoms with Crippen molar-refractivity contribution < 1.29 is 4.79 Å². The van der Waals surface area contributed by atoms with Gasteiger partial charge in [-0.2, -0.15) is 0 Å². The summed E-state index contributed by atoms with van der Waals surface area (Å²) in [4.78, 5) is 10.8. The monoisotopic (exact) mass is 246 g/mol. The Morgan fingerprint density at radius 1 is 1.33 bits per heavy atom. The molecule has 1 rings (SSSR count). The van der Waals surface area contributed by atoms with Gasteiger partial charge in [0.2, 0.25) is 0 Å². The van der Waals surface area contributed by atoms with E-state index in [-0.39, 0.29) is 6.03 Å². The van der Waals surface area contributed by atoms with Crippen LogP contribution < -0.4 is 10.0 Å². The zero-order valence-electron chi connectivity index (χ0n) is 6.04. The lowest BCUT2D eigenvalue weighted by Gasteiger charge is -2.02. The van der Waals surface area contributed by atoms with Crippen LogP contribution in [0.25, 0.3) is 0 Å². The molecule has 3 nitrogen and oxygen atoms in total. The molecule has 12 heavy (non-hydrogen) atoms. The predicted molar refractivity (Wildman–Crippen MR) is 55.3 cm³/mol. The summed E-state index contributed by atoms with van der Waals surface area (Å²) in [6.45, 7) is 0. The van der Waals surface area contributed by atoms with Crippen molar-refractivity contribution in [3.8, 4) is 0 Å². The first kappa shape index (κ1) is 9.41. The number of amides is 2. The highest BCUT2D eigenvalue weighted by molar-refractivity contribution is 9.10. The summed E-state index contributed by atoms with van der Waals surface area (Å²) in [5.41, 5.74) is 0.727. The topological polar surface area (TPSA) is 41.1 Å². The number of nitrogens with one attached hydrogen (secondary N) is 2. The smallest absolute Gasteiger partial charge is 0.307 e. The molecule has 0 aliphatic heterocycles.